The number of carbonyl (C=O) groups is 3. The number of nitrogens with one attached hydrogen (secondary N) is 1. The van der Waals surface area contributed by atoms with E-state index in [1.165, 1.54) is 6.92 Å². The van der Waals surface area contributed by atoms with Gasteiger partial charge in [-0.3, -0.25) is 9.59 Å². The highest BCUT2D eigenvalue weighted by Gasteiger charge is 2.65. The first-order chi connectivity index (χ1) is 18.9. The molecule has 2 unspecified atom stereocenters. The summed E-state index contributed by atoms with van der Waals surface area (Å²) in [7, 11) is 0. The number of nitrogens with zero attached hydrogens (tertiary/aromatic N) is 1. The third-order valence-corrected chi connectivity index (χ3v) is 8.69. The number of ether oxygens (including phenoxy) is 1. The van der Waals surface area contributed by atoms with Crippen molar-refractivity contribution in [1.82, 2.24) is 9.80 Å². The lowest BCUT2D eigenvalue weighted by molar-refractivity contribution is -0.164. The fraction of sp³-hybridized carbons (Fsp3) is 0.406. The maximum atomic E-state index is 14.6. The van der Waals surface area contributed by atoms with Crippen LogP contribution in [0.15, 0.2) is 60.7 Å². The van der Waals surface area contributed by atoms with Gasteiger partial charge in [0.15, 0.2) is 17.8 Å². The topological polar surface area (TPSA) is 92.7 Å². The molecule has 0 radical (unpaired) electrons. The second kappa shape index (κ2) is 10.4. The highest BCUT2D eigenvalue weighted by molar-refractivity contribution is 6.30. The normalized spacial score (nSPS) is 27.2. The maximum Gasteiger partial charge on any atom is 0.344 e. The summed E-state index contributed by atoms with van der Waals surface area (Å²) in [5, 5.41) is 16.3. The van der Waals surface area contributed by atoms with Crippen LogP contribution in [0.25, 0.3) is 10.8 Å². The van der Waals surface area contributed by atoms with E-state index in [-0.39, 0.29) is 23.5 Å². The predicted octanol–water partition coefficient (Wildman–Crippen LogP) is 5.51. The van der Waals surface area contributed by atoms with Crippen LogP contribution >= 0.6 is 11.6 Å². The van der Waals surface area contributed by atoms with E-state index < -0.39 is 34.7 Å². The number of quaternary nitrogens is 1. The summed E-state index contributed by atoms with van der Waals surface area (Å²) in [5.74, 6) is -1.95. The number of halogens is 1. The number of carboxylic acid groups (broad SMARTS) is 1. The van der Waals surface area contributed by atoms with Gasteiger partial charge in [0, 0.05) is 41.6 Å². The van der Waals surface area contributed by atoms with Crippen LogP contribution in [0.3, 0.4) is 0 Å². The third kappa shape index (κ3) is 4.55. The lowest BCUT2D eigenvalue weighted by Crippen LogP contribution is -2.75. The molecule has 2 N–H and O–H groups in total. The summed E-state index contributed by atoms with van der Waals surface area (Å²) < 4.78 is 6.17. The van der Waals surface area contributed by atoms with E-state index in [0.29, 0.717) is 35.8 Å². The number of ketones is 1. The molecule has 2 heterocycles. The van der Waals surface area contributed by atoms with E-state index in [9.17, 15) is 19.5 Å². The molecule has 2 aliphatic heterocycles. The molecule has 2 aliphatic rings. The summed E-state index contributed by atoms with van der Waals surface area (Å²) in [6.07, 6.45) is -0.295. The van der Waals surface area contributed by atoms with Gasteiger partial charge in [-0.1, -0.05) is 74.8 Å². The minimum atomic E-state index is -1.80. The predicted molar refractivity (Wildman–Crippen MR) is 156 cm³/mol. The van der Waals surface area contributed by atoms with Crippen LogP contribution in [-0.2, 0) is 19.1 Å². The van der Waals surface area contributed by atoms with Crippen molar-refractivity contribution in [3.63, 3.8) is 0 Å². The molecular weight excluding hydrogens is 528 g/mol. The van der Waals surface area contributed by atoms with E-state index in [2.05, 4.69) is 5.32 Å². The van der Waals surface area contributed by atoms with Gasteiger partial charge in [0.05, 0.1) is 6.54 Å². The fourth-order valence-corrected chi connectivity index (χ4v) is 7.10. The zero-order valence-corrected chi connectivity index (χ0v) is 24.1. The number of Topliss-reactive ketones (excluding diaryl/α,β-unsaturated/α-hetero) is 1. The molecule has 0 bridgehead atoms. The molecule has 5 rings (SSSR count). The van der Waals surface area contributed by atoms with Gasteiger partial charge in [-0.2, -0.15) is 0 Å². The molecule has 1 saturated heterocycles. The van der Waals surface area contributed by atoms with Gasteiger partial charge in [0.25, 0.3) is 0 Å². The van der Waals surface area contributed by atoms with Crippen LogP contribution in [0.5, 0.6) is 0 Å². The molecule has 3 aromatic rings. The van der Waals surface area contributed by atoms with Crippen LogP contribution in [0.1, 0.15) is 51.3 Å². The molecule has 0 aromatic heterocycles. The molecule has 0 aliphatic carbocycles. The van der Waals surface area contributed by atoms with Crippen LogP contribution in [0, 0.1) is 10.8 Å². The molecule has 4 atom stereocenters. The van der Waals surface area contributed by atoms with Crippen LogP contribution in [0.2, 0.25) is 5.02 Å². The molecule has 0 saturated carbocycles. The molecule has 7 nitrogen and oxygen atoms in total. The number of carboxylic acids is 1. The zero-order valence-electron chi connectivity index (χ0n) is 23.4. The summed E-state index contributed by atoms with van der Waals surface area (Å²) in [6.45, 7) is 7.90. The van der Waals surface area contributed by atoms with Crippen molar-refractivity contribution in [2.24, 2.45) is 10.8 Å². The SMILES string of the molecule is CC(=O)[C@@]1(C(=O)O)CNCC[C@H]1[N+]1(CC(C)(C)C)C(=O)COC(c2cccc3ccccc23)c2cc(Cl)ccc21. The van der Waals surface area contributed by atoms with Gasteiger partial charge in [-0.05, 0) is 35.4 Å². The summed E-state index contributed by atoms with van der Waals surface area (Å²) >= 11 is 6.60. The molecule has 8 heteroatoms. The highest BCUT2D eigenvalue weighted by atomic mass is 35.5. The van der Waals surface area contributed by atoms with E-state index in [1.807, 2.05) is 75.4 Å². The number of aliphatic carboxylic acids is 1. The van der Waals surface area contributed by atoms with Crippen molar-refractivity contribution in [3.8, 4) is 0 Å². The van der Waals surface area contributed by atoms with E-state index in [4.69, 9.17) is 16.3 Å². The summed E-state index contributed by atoms with van der Waals surface area (Å²) in [4.78, 5) is 41.0. The quantitative estimate of drug-likeness (QED) is 0.314. The molecule has 3 aromatic carbocycles. The van der Waals surface area contributed by atoms with Crippen molar-refractivity contribution in [1.29, 1.82) is 0 Å². The second-order valence-corrected chi connectivity index (χ2v) is 12.7. The maximum absolute atomic E-state index is 14.6. The Bertz CT molecular complexity index is 1480. The van der Waals surface area contributed by atoms with Gasteiger partial charge >= 0.3 is 11.9 Å². The molecule has 1 fully saturated rings. The van der Waals surface area contributed by atoms with Crippen molar-refractivity contribution in [2.75, 3.05) is 26.2 Å². The summed E-state index contributed by atoms with van der Waals surface area (Å²) in [5.41, 5.74) is 0.0398. The number of carbonyl (C=O) groups excluding carboxylic acids is 2. The zero-order chi connectivity index (χ0) is 28.9. The minimum absolute atomic E-state index is 0.0453. The van der Waals surface area contributed by atoms with Crippen molar-refractivity contribution in [2.45, 2.75) is 46.3 Å². The Hall–Kier alpha value is -3.10. The van der Waals surface area contributed by atoms with E-state index >= 15 is 0 Å². The highest BCUT2D eigenvalue weighted by Crippen LogP contribution is 2.49. The Kier molecular flexibility index (Phi) is 7.38. The Labute approximate surface area is 239 Å². The first kappa shape index (κ1) is 28.4. The lowest BCUT2D eigenvalue weighted by atomic mass is 9.70. The largest absolute Gasteiger partial charge is 0.480 e. The number of fused-ring (bicyclic) bond motifs is 2. The average molecular weight is 564 g/mol. The first-order valence-electron chi connectivity index (χ1n) is 13.7. The molecule has 0 spiro atoms. The molecular formula is C32H36ClN2O5+. The van der Waals surface area contributed by atoms with Crippen LogP contribution < -0.4 is 9.80 Å². The van der Waals surface area contributed by atoms with E-state index in [1.54, 1.807) is 6.07 Å². The number of hydrogen-bond acceptors (Lipinski definition) is 5. The first-order valence-corrected chi connectivity index (χ1v) is 14.1. The van der Waals surface area contributed by atoms with Crippen LogP contribution in [0.4, 0.5) is 5.69 Å². The monoisotopic (exact) mass is 563 g/mol. The number of benzene rings is 3. The standard InChI is InChI=1S/C32H35ClN2O5/c1-20(36)32(30(38)39)18-34-15-14-27(32)35(19-31(2,3)4)26-13-12-22(33)16-25(26)29(40-17-28(35)37)24-11-7-9-21-8-5-6-10-23(21)24/h5-13,16,27,29,34H,14-15,17-19H2,1-4H3/p+1/t27-,29?,32+,35?/m1/s1. The Morgan fingerprint density at radius 3 is 2.52 bits per heavy atom. The van der Waals surface area contributed by atoms with Crippen LogP contribution in [-0.4, -0.2) is 55.0 Å². The molecule has 210 valence electrons. The number of hydrogen-bond donors (Lipinski definition) is 2. The second-order valence-electron chi connectivity index (χ2n) is 12.3. The van der Waals surface area contributed by atoms with Gasteiger partial charge in [-0.15, -0.1) is 0 Å². The molecule has 1 amide bonds. The number of piperidine rings is 1. The van der Waals surface area contributed by atoms with Gasteiger partial charge in [0.1, 0.15) is 17.8 Å². The Morgan fingerprint density at radius 1 is 1.10 bits per heavy atom. The average Bonchev–Trinajstić information content (AvgIpc) is 3.01. The van der Waals surface area contributed by atoms with Gasteiger partial charge in [0.2, 0.25) is 0 Å². The third-order valence-electron chi connectivity index (χ3n) is 8.46. The minimum Gasteiger partial charge on any atom is -0.480 e. The Morgan fingerprint density at radius 2 is 1.82 bits per heavy atom. The fourth-order valence-electron chi connectivity index (χ4n) is 6.92. The van der Waals surface area contributed by atoms with Gasteiger partial charge in [-0.25, -0.2) is 9.28 Å². The lowest BCUT2D eigenvalue weighted by Gasteiger charge is -2.51. The number of amides is 1. The van der Waals surface area contributed by atoms with E-state index in [0.717, 1.165) is 16.3 Å². The van der Waals surface area contributed by atoms with Crippen molar-refractivity contribution < 1.29 is 24.2 Å². The molecule has 40 heavy (non-hydrogen) atoms. The smallest absolute Gasteiger partial charge is 0.344 e. The Balaban J connectivity index is 1.85. The number of rotatable bonds is 5. The van der Waals surface area contributed by atoms with Gasteiger partial charge < -0.3 is 15.2 Å². The van der Waals surface area contributed by atoms with Crippen molar-refractivity contribution >= 4 is 45.7 Å². The van der Waals surface area contributed by atoms with Crippen molar-refractivity contribution in [3.05, 3.63) is 76.8 Å². The summed E-state index contributed by atoms with van der Waals surface area (Å²) in [6, 6.07) is 18.6.